The van der Waals surface area contributed by atoms with Gasteiger partial charge in [0.1, 0.15) is 12.5 Å². The minimum atomic E-state index is -0.197. The zero-order valence-corrected chi connectivity index (χ0v) is 42.5. The summed E-state index contributed by atoms with van der Waals surface area (Å²) < 4.78 is 18.5. The number of carbonyl (C=O) groups is 1. The molecule has 6 N–H and O–H groups in total. The molecule has 14 nitrogen and oxygen atoms in total. The van der Waals surface area contributed by atoms with Gasteiger partial charge in [-0.15, -0.1) is 11.8 Å². The predicted octanol–water partition coefficient (Wildman–Crippen LogP) is 5.37. The van der Waals surface area contributed by atoms with Gasteiger partial charge in [-0.1, -0.05) is 41.5 Å². The minimum absolute atomic E-state index is 0.0178. The Kier molecular flexibility index (Phi) is 14.1. The van der Waals surface area contributed by atoms with E-state index in [-0.39, 0.29) is 83.8 Å². The maximum atomic E-state index is 13.8. The highest BCUT2D eigenvalue weighted by Crippen LogP contribution is 2.58. The number of likely N-dealkylation sites (tertiary alicyclic amines) is 1. The van der Waals surface area contributed by atoms with E-state index in [9.17, 15) is 10.1 Å². The fraction of sp³-hybridized carbons (Fsp3) is 0.941. The van der Waals surface area contributed by atoms with Crippen LogP contribution in [0.1, 0.15) is 132 Å². The van der Waals surface area contributed by atoms with Gasteiger partial charge in [0.25, 0.3) is 0 Å². The maximum Gasteiger partial charge on any atom is 0.225 e. The monoisotopic (exact) mass is 935 g/mol. The van der Waals surface area contributed by atoms with Crippen molar-refractivity contribution in [3.05, 3.63) is 0 Å². The molecule has 10 unspecified atom stereocenters. The van der Waals surface area contributed by atoms with Crippen LogP contribution in [0.15, 0.2) is 4.99 Å². The Hall–Kier alpha value is -1.42. The lowest BCUT2D eigenvalue weighted by atomic mass is 9.49. The zero-order valence-electron chi connectivity index (χ0n) is 41.7. The molecule has 6 heterocycles. The molecule has 5 saturated heterocycles. The van der Waals surface area contributed by atoms with Crippen LogP contribution in [0.25, 0.3) is 0 Å². The van der Waals surface area contributed by atoms with Crippen molar-refractivity contribution in [1.82, 2.24) is 41.9 Å². The van der Waals surface area contributed by atoms with Crippen LogP contribution in [0.5, 0.6) is 0 Å². The van der Waals surface area contributed by atoms with E-state index in [4.69, 9.17) is 19.2 Å². The minimum Gasteiger partial charge on any atom is -0.380 e. The van der Waals surface area contributed by atoms with Gasteiger partial charge in [-0.05, 0) is 107 Å². The summed E-state index contributed by atoms with van der Waals surface area (Å²) >= 11 is 2.19. The Labute approximate surface area is 401 Å². The van der Waals surface area contributed by atoms with Crippen LogP contribution in [0.4, 0.5) is 0 Å². The van der Waals surface area contributed by atoms with E-state index in [1.165, 1.54) is 57.8 Å². The van der Waals surface area contributed by atoms with Crippen molar-refractivity contribution in [2.24, 2.45) is 62.7 Å². The summed E-state index contributed by atoms with van der Waals surface area (Å²) in [5, 5.41) is 25.2. The van der Waals surface area contributed by atoms with Crippen molar-refractivity contribution >= 4 is 23.4 Å². The summed E-state index contributed by atoms with van der Waals surface area (Å²) in [5.74, 6) is 3.47. The third kappa shape index (κ3) is 9.09. The molecule has 0 radical (unpaired) electrons. The normalized spacial score (nSPS) is 45.7. The molecule has 0 aromatic heterocycles. The summed E-state index contributed by atoms with van der Waals surface area (Å²) in [4.78, 5) is 24.9. The summed E-state index contributed by atoms with van der Waals surface area (Å²) in [6, 6.07) is 2.62. The molecule has 10 aliphatic rings. The molecule has 4 aliphatic carbocycles. The molecule has 0 aromatic carbocycles. The average molecular weight is 935 g/mol. The molecular weight excluding hydrogens is 849 g/mol. The summed E-state index contributed by atoms with van der Waals surface area (Å²) in [7, 11) is 1.70. The molecule has 0 aromatic rings. The molecule has 0 bridgehead atoms. The number of hydrogen-bond acceptors (Lipinski definition) is 14. The molecular formula is C51H86N10O4S. The largest absolute Gasteiger partial charge is 0.380 e. The number of fused-ring (bicyclic) bond motifs is 3. The number of nitriles is 1. The molecule has 10 rings (SSSR count). The number of rotatable bonds is 11. The van der Waals surface area contributed by atoms with Crippen LogP contribution in [0, 0.1) is 69.0 Å². The Balaban J connectivity index is 0.657. The number of nitrogens with one attached hydrogen (secondary N) is 6. The number of hydrogen-bond donors (Lipinski definition) is 6. The molecule has 66 heavy (non-hydrogen) atoms. The van der Waals surface area contributed by atoms with Gasteiger partial charge in [0, 0.05) is 86.4 Å². The van der Waals surface area contributed by atoms with Gasteiger partial charge in [0.05, 0.1) is 66.6 Å². The highest BCUT2D eigenvalue weighted by molar-refractivity contribution is 8.00. The first kappa shape index (κ1) is 48.2. The van der Waals surface area contributed by atoms with Gasteiger partial charge >= 0.3 is 0 Å². The average Bonchev–Trinajstić information content (AvgIpc) is 4.02. The van der Waals surface area contributed by atoms with Gasteiger partial charge in [0.2, 0.25) is 5.91 Å². The van der Waals surface area contributed by atoms with E-state index in [0.717, 1.165) is 63.8 Å². The first-order valence-corrected chi connectivity index (χ1v) is 27.6. The first-order chi connectivity index (χ1) is 31.7. The number of nitrogens with zero attached hydrogens (tertiary/aromatic N) is 4. The van der Waals surface area contributed by atoms with Crippen LogP contribution in [-0.4, -0.2) is 134 Å². The Bertz CT molecular complexity index is 1760. The quantitative estimate of drug-likeness (QED) is 0.157. The second-order valence-corrected chi connectivity index (χ2v) is 25.9. The smallest absolute Gasteiger partial charge is 0.225 e. The van der Waals surface area contributed by atoms with E-state index in [2.05, 4.69) is 108 Å². The lowest BCUT2D eigenvalue weighted by molar-refractivity contribution is -0.239. The molecule has 1 amide bonds. The number of thioether (sulfide) groups is 1. The van der Waals surface area contributed by atoms with Gasteiger partial charge < -0.3 is 19.5 Å². The maximum absolute atomic E-state index is 13.8. The van der Waals surface area contributed by atoms with Crippen LogP contribution in [0.2, 0.25) is 0 Å². The van der Waals surface area contributed by atoms with Crippen molar-refractivity contribution in [2.45, 2.75) is 198 Å². The molecule has 6 aliphatic heterocycles. The Morgan fingerprint density at radius 1 is 0.955 bits per heavy atom. The van der Waals surface area contributed by atoms with Crippen LogP contribution in [-0.2, 0) is 19.0 Å². The molecule has 370 valence electrons. The van der Waals surface area contributed by atoms with E-state index in [1.807, 2.05) is 0 Å². The second-order valence-electron chi connectivity index (χ2n) is 24.4. The van der Waals surface area contributed by atoms with Crippen molar-refractivity contribution in [2.75, 3.05) is 46.4 Å². The van der Waals surface area contributed by atoms with Gasteiger partial charge in [-0.2, -0.15) is 5.26 Å². The predicted molar refractivity (Wildman–Crippen MR) is 260 cm³/mol. The van der Waals surface area contributed by atoms with Crippen molar-refractivity contribution in [1.29, 1.82) is 5.26 Å². The lowest BCUT2D eigenvalue weighted by Crippen LogP contribution is -2.75. The van der Waals surface area contributed by atoms with E-state index >= 15 is 0 Å². The van der Waals surface area contributed by atoms with Crippen molar-refractivity contribution in [3.63, 3.8) is 0 Å². The number of carbonyl (C=O) groups excluding carboxylic acids is 1. The third-order valence-corrected chi connectivity index (χ3v) is 21.2. The highest BCUT2D eigenvalue weighted by atomic mass is 32.2. The van der Waals surface area contributed by atoms with Crippen molar-refractivity contribution in [3.8, 4) is 6.07 Å². The summed E-state index contributed by atoms with van der Waals surface area (Å²) in [5.41, 5.74) is 8.98. The molecule has 11 atom stereocenters. The molecule has 4 saturated carbocycles. The van der Waals surface area contributed by atoms with Crippen molar-refractivity contribution < 1.29 is 19.0 Å². The fourth-order valence-corrected chi connectivity index (χ4v) is 17.7. The topological polar surface area (TPSA) is 160 Å². The van der Waals surface area contributed by atoms with E-state index in [0.29, 0.717) is 46.9 Å². The number of amides is 1. The van der Waals surface area contributed by atoms with E-state index in [1.54, 1.807) is 12.8 Å². The SMILES string of the molecule is COC1CC(OC2C(C)(C)C(NC(=O)C3CNC(N4CCC5(CC4)CC(CC4CCC(C6=N[C@@H](CC7NCCO7)C7NNC(C)N7C7SC(C)C(C)C67)CC4)C5)NC3)C2(C)C)CCC1C#N. The number of methoxy groups -OCH3 is 1. The van der Waals surface area contributed by atoms with Gasteiger partial charge in [-0.25, -0.2) is 10.9 Å². The van der Waals surface area contributed by atoms with Crippen LogP contribution in [0.3, 0.4) is 0 Å². The molecule has 9 fully saturated rings. The standard InChI is InChI=1S/C51H86N10O4S/c1-29-30(2)66-45-41(29)42(56-38(23-40-53-17-20-64-40)43-59-58-31(3)61(43)45)34-11-9-32(10-12-34)21-33-24-51(25-33)15-18-60(19-16-51)48-54-27-36(28-55-48)44(62)57-46-49(4,5)47(50(46,6)7)65-37-14-13-35(26-52)39(22-37)63-8/h29-41,43,45-48,53-55,58-59H,9-25,27-28H2,1-8H3,(H,57,62)/t29?,30?,31?,32?,34?,35?,36?,37?,38-,39?,40?,41?,43?,45?,46?,47?,48?/m0/s1. The number of ether oxygens (including phenoxy) is 3. The summed E-state index contributed by atoms with van der Waals surface area (Å²) in [6.45, 7) is 21.6. The lowest BCUT2D eigenvalue weighted by Gasteiger charge is -2.64. The number of aliphatic imine (C=N–C) groups is 1. The highest BCUT2D eigenvalue weighted by Gasteiger charge is 2.64. The second kappa shape index (κ2) is 19.3. The molecule has 15 heteroatoms. The van der Waals surface area contributed by atoms with Gasteiger partial charge in [-0.3, -0.25) is 35.5 Å². The van der Waals surface area contributed by atoms with Gasteiger partial charge in [0.15, 0.2) is 0 Å². The van der Waals surface area contributed by atoms with Crippen LogP contribution >= 0.6 is 11.8 Å². The third-order valence-electron chi connectivity index (χ3n) is 19.5. The van der Waals surface area contributed by atoms with E-state index < -0.39 is 0 Å². The number of piperidine rings is 1. The Morgan fingerprint density at radius 2 is 1.68 bits per heavy atom. The molecule has 1 spiro atoms. The Morgan fingerprint density at radius 3 is 2.35 bits per heavy atom. The van der Waals surface area contributed by atoms with Crippen LogP contribution < -0.4 is 32.1 Å². The summed E-state index contributed by atoms with van der Waals surface area (Å²) in [6.07, 6.45) is 16.3. The number of hydrazine groups is 1. The first-order valence-electron chi connectivity index (χ1n) is 26.6. The zero-order chi connectivity index (χ0) is 46.1. The fourth-order valence-electron chi connectivity index (χ4n) is 15.9.